The van der Waals surface area contributed by atoms with E-state index in [2.05, 4.69) is 15.6 Å². The molecule has 1 atom stereocenters. The summed E-state index contributed by atoms with van der Waals surface area (Å²) in [5, 5.41) is 16.6. The third kappa shape index (κ3) is 7.11. The van der Waals surface area contributed by atoms with E-state index in [1.165, 1.54) is 11.3 Å². The van der Waals surface area contributed by atoms with Crippen molar-refractivity contribution in [3.63, 3.8) is 0 Å². The van der Waals surface area contributed by atoms with Crippen molar-refractivity contribution in [1.29, 1.82) is 0 Å². The number of thiophene rings is 1. The van der Waals surface area contributed by atoms with Crippen LogP contribution in [0, 0.1) is 0 Å². The highest BCUT2D eigenvalue weighted by atomic mass is 127. The number of nitrogens with zero attached hydrogens (tertiary/aromatic N) is 2. The van der Waals surface area contributed by atoms with Gasteiger partial charge in [-0.3, -0.25) is 4.79 Å². The number of benzene rings is 1. The average Bonchev–Trinajstić information content (AvgIpc) is 3.17. The number of hydrogen-bond donors (Lipinski definition) is 3. The Morgan fingerprint density at radius 1 is 1.23 bits per heavy atom. The first-order valence-electron chi connectivity index (χ1n) is 9.91. The largest absolute Gasteiger partial charge is 0.386 e. The lowest BCUT2D eigenvalue weighted by Crippen LogP contribution is -2.39. The number of carbonyl (C=O) groups is 1. The van der Waals surface area contributed by atoms with Crippen LogP contribution in [0.2, 0.25) is 4.34 Å². The number of aliphatic hydroxyl groups excluding tert-OH is 1. The molecule has 1 amide bonds. The van der Waals surface area contributed by atoms with E-state index < -0.39 is 6.10 Å². The summed E-state index contributed by atoms with van der Waals surface area (Å²) in [5.41, 5.74) is 2.01. The molecule has 1 saturated heterocycles. The molecule has 0 spiro atoms. The smallest absolute Gasteiger partial charge is 0.226 e. The number of anilines is 1. The molecule has 1 fully saturated rings. The molecule has 2 heterocycles. The lowest BCUT2D eigenvalue weighted by Gasteiger charge is -2.26. The van der Waals surface area contributed by atoms with E-state index in [1.54, 1.807) is 6.07 Å². The van der Waals surface area contributed by atoms with Crippen LogP contribution in [0.1, 0.15) is 42.7 Å². The van der Waals surface area contributed by atoms with Gasteiger partial charge < -0.3 is 20.6 Å². The van der Waals surface area contributed by atoms with Gasteiger partial charge in [-0.15, -0.1) is 35.3 Å². The second-order valence-electron chi connectivity index (χ2n) is 6.90. The zero-order valence-corrected chi connectivity index (χ0v) is 20.8. The predicted octanol–water partition coefficient (Wildman–Crippen LogP) is 4.33. The van der Waals surface area contributed by atoms with Crippen LogP contribution in [-0.4, -0.2) is 36.6 Å². The molecular formula is C21H28ClIN4O2S. The summed E-state index contributed by atoms with van der Waals surface area (Å²) >= 11 is 7.30. The number of hydrogen-bond acceptors (Lipinski definition) is 4. The maximum atomic E-state index is 12.1. The van der Waals surface area contributed by atoms with Gasteiger partial charge in [0.05, 0.1) is 10.9 Å². The second kappa shape index (κ2) is 12.5. The Labute approximate surface area is 203 Å². The van der Waals surface area contributed by atoms with Gasteiger partial charge in [0.1, 0.15) is 6.10 Å². The lowest BCUT2D eigenvalue weighted by molar-refractivity contribution is -0.119. The molecule has 1 aliphatic rings. The summed E-state index contributed by atoms with van der Waals surface area (Å²) in [6.45, 7) is 4.37. The second-order valence-corrected chi connectivity index (χ2v) is 8.65. The molecule has 0 aliphatic carbocycles. The van der Waals surface area contributed by atoms with Crippen LogP contribution in [0.3, 0.4) is 0 Å². The molecule has 0 bridgehead atoms. The van der Waals surface area contributed by atoms with Gasteiger partial charge in [0.15, 0.2) is 5.96 Å². The summed E-state index contributed by atoms with van der Waals surface area (Å²) in [7, 11) is 0. The van der Waals surface area contributed by atoms with Gasteiger partial charge in [0, 0.05) is 36.6 Å². The highest BCUT2D eigenvalue weighted by Gasteiger charge is 2.19. The third-order valence-corrected chi connectivity index (χ3v) is 6.05. The molecule has 164 valence electrons. The van der Waals surface area contributed by atoms with E-state index in [0.717, 1.165) is 42.1 Å². The SMILES string of the molecule is CCNC(=NCc1ccc(N2CCCCC2=O)cc1)NCC(O)c1ccc(Cl)s1.I. The summed E-state index contributed by atoms with van der Waals surface area (Å²) in [6.07, 6.45) is 2.03. The summed E-state index contributed by atoms with van der Waals surface area (Å²) in [5.74, 6) is 0.843. The Balaban J connectivity index is 0.00000320. The summed E-state index contributed by atoms with van der Waals surface area (Å²) < 4.78 is 0.661. The minimum absolute atomic E-state index is 0. The predicted molar refractivity (Wildman–Crippen MR) is 135 cm³/mol. The molecule has 1 aliphatic heterocycles. The van der Waals surface area contributed by atoms with Crippen LogP contribution in [-0.2, 0) is 11.3 Å². The van der Waals surface area contributed by atoms with Gasteiger partial charge in [0.25, 0.3) is 0 Å². The van der Waals surface area contributed by atoms with E-state index in [-0.39, 0.29) is 29.9 Å². The topological polar surface area (TPSA) is 77.0 Å². The first-order valence-corrected chi connectivity index (χ1v) is 11.1. The monoisotopic (exact) mass is 562 g/mol. The molecule has 3 N–H and O–H groups in total. The van der Waals surface area contributed by atoms with Crippen LogP contribution in [0.15, 0.2) is 41.4 Å². The first-order chi connectivity index (χ1) is 14.1. The van der Waals surface area contributed by atoms with Crippen molar-refractivity contribution in [3.05, 3.63) is 51.2 Å². The van der Waals surface area contributed by atoms with E-state index in [4.69, 9.17) is 11.6 Å². The van der Waals surface area contributed by atoms with Crippen LogP contribution in [0.5, 0.6) is 0 Å². The van der Waals surface area contributed by atoms with Crippen molar-refractivity contribution < 1.29 is 9.90 Å². The van der Waals surface area contributed by atoms with Crippen LogP contribution in [0.4, 0.5) is 5.69 Å². The van der Waals surface area contributed by atoms with E-state index in [1.807, 2.05) is 42.2 Å². The number of amides is 1. The maximum absolute atomic E-state index is 12.1. The van der Waals surface area contributed by atoms with Crippen LogP contribution in [0.25, 0.3) is 0 Å². The fourth-order valence-electron chi connectivity index (χ4n) is 3.17. The van der Waals surface area contributed by atoms with Crippen molar-refractivity contribution >= 4 is 64.5 Å². The van der Waals surface area contributed by atoms with Gasteiger partial charge in [0.2, 0.25) is 5.91 Å². The first kappa shape index (κ1) is 24.9. The quantitative estimate of drug-likeness (QED) is 0.267. The van der Waals surface area contributed by atoms with Gasteiger partial charge >= 0.3 is 0 Å². The number of aliphatic imine (C=N–C) groups is 1. The molecule has 6 nitrogen and oxygen atoms in total. The van der Waals surface area contributed by atoms with E-state index in [9.17, 15) is 9.90 Å². The molecule has 1 aromatic carbocycles. The maximum Gasteiger partial charge on any atom is 0.226 e. The zero-order chi connectivity index (χ0) is 20.6. The number of carbonyl (C=O) groups excluding carboxylic acids is 1. The standard InChI is InChI=1S/C21H27ClN4O2S.HI/c1-2-23-21(25-14-17(27)18-10-11-19(22)29-18)24-13-15-6-8-16(9-7-15)26-12-4-3-5-20(26)28;/h6-11,17,27H,2-5,12-14H2,1H3,(H2,23,24,25);1H. The molecule has 9 heteroatoms. The van der Waals surface area contributed by atoms with Gasteiger partial charge in [-0.2, -0.15) is 0 Å². The van der Waals surface area contributed by atoms with Crippen LogP contribution >= 0.6 is 46.9 Å². The fraction of sp³-hybridized carbons (Fsp3) is 0.429. The zero-order valence-electron chi connectivity index (χ0n) is 16.9. The van der Waals surface area contributed by atoms with E-state index in [0.29, 0.717) is 29.8 Å². The number of piperidine rings is 1. The number of halogens is 2. The highest BCUT2D eigenvalue weighted by molar-refractivity contribution is 14.0. The average molecular weight is 563 g/mol. The van der Waals surface area contributed by atoms with Crippen molar-refractivity contribution in [3.8, 4) is 0 Å². The summed E-state index contributed by atoms with van der Waals surface area (Å²) in [4.78, 5) is 19.3. The number of aliphatic hydroxyl groups is 1. The normalized spacial score (nSPS) is 15.5. The lowest BCUT2D eigenvalue weighted by atomic mass is 10.1. The highest BCUT2D eigenvalue weighted by Crippen LogP contribution is 2.26. The Morgan fingerprint density at radius 3 is 2.63 bits per heavy atom. The minimum atomic E-state index is -0.641. The van der Waals surface area contributed by atoms with E-state index >= 15 is 0 Å². The van der Waals surface area contributed by atoms with Gasteiger partial charge in [-0.05, 0) is 49.6 Å². The fourth-order valence-corrected chi connectivity index (χ4v) is 4.22. The Hall–Kier alpha value is -1.36. The number of guanidine groups is 1. The summed E-state index contributed by atoms with van der Waals surface area (Å²) in [6, 6.07) is 11.6. The van der Waals surface area contributed by atoms with Crippen molar-refractivity contribution in [2.45, 2.75) is 38.8 Å². The Morgan fingerprint density at radius 2 is 2.00 bits per heavy atom. The minimum Gasteiger partial charge on any atom is -0.386 e. The third-order valence-electron chi connectivity index (χ3n) is 4.72. The molecule has 1 aromatic heterocycles. The Bertz CT molecular complexity index is 844. The number of rotatable bonds is 7. The molecule has 2 aromatic rings. The number of nitrogens with one attached hydrogen (secondary N) is 2. The van der Waals surface area contributed by atoms with Gasteiger partial charge in [-0.25, -0.2) is 4.99 Å². The van der Waals surface area contributed by atoms with Crippen molar-refractivity contribution in [2.24, 2.45) is 4.99 Å². The molecule has 30 heavy (non-hydrogen) atoms. The van der Waals surface area contributed by atoms with Crippen LogP contribution < -0.4 is 15.5 Å². The Kier molecular flexibility index (Phi) is 10.4. The molecule has 0 radical (unpaired) electrons. The van der Waals surface area contributed by atoms with Crippen molar-refractivity contribution in [2.75, 3.05) is 24.5 Å². The van der Waals surface area contributed by atoms with Gasteiger partial charge in [-0.1, -0.05) is 23.7 Å². The molecule has 1 unspecified atom stereocenters. The molecule has 0 saturated carbocycles. The van der Waals surface area contributed by atoms with Crippen molar-refractivity contribution in [1.82, 2.24) is 10.6 Å². The molecular weight excluding hydrogens is 535 g/mol. The molecule has 3 rings (SSSR count).